The number of carboxylic acid groups (broad SMARTS) is 1. The lowest BCUT2D eigenvalue weighted by Crippen LogP contribution is -2.50. The maximum Gasteiger partial charge on any atom is 0.422 e. The van der Waals surface area contributed by atoms with Gasteiger partial charge in [-0.3, -0.25) is 14.4 Å². The van der Waals surface area contributed by atoms with Gasteiger partial charge in [-0.05, 0) is 79.1 Å². The first-order valence-electron chi connectivity index (χ1n) is 17.7. The number of methoxy groups -OCH3 is 2. The van der Waals surface area contributed by atoms with Crippen LogP contribution in [0.3, 0.4) is 0 Å². The van der Waals surface area contributed by atoms with Crippen LogP contribution in [-0.4, -0.2) is 93.3 Å². The van der Waals surface area contributed by atoms with Crippen molar-refractivity contribution in [2.24, 2.45) is 0 Å². The number of halogens is 4. The average molecular weight is 851 g/mol. The van der Waals surface area contributed by atoms with Gasteiger partial charge in [0.1, 0.15) is 6.04 Å². The van der Waals surface area contributed by atoms with Crippen molar-refractivity contribution in [3.05, 3.63) is 95.0 Å². The fourth-order valence-corrected chi connectivity index (χ4v) is 5.58. The Morgan fingerprint density at radius 1 is 0.817 bits per heavy atom. The fraction of sp³-hybridized carbons (Fsp3) is 0.237. The summed E-state index contributed by atoms with van der Waals surface area (Å²) in [6.45, 7) is -2.29. The molecule has 0 bridgehead atoms. The molecule has 18 nitrogen and oxygen atoms in total. The number of carboxylic acids is 1. The quantitative estimate of drug-likeness (QED) is 0.0736. The molecule has 6 rings (SSSR count). The Labute approximate surface area is 343 Å². The Morgan fingerprint density at radius 2 is 1.43 bits per heavy atom. The summed E-state index contributed by atoms with van der Waals surface area (Å²) in [5.41, 5.74) is 1.37. The largest absolute Gasteiger partial charge is 0.481 e. The third kappa shape index (κ3) is 11.2. The summed E-state index contributed by atoms with van der Waals surface area (Å²) in [5.74, 6) is -4.03. The zero-order chi connectivity index (χ0) is 43.0. The molecular weight excluding hydrogens is 817 g/mol. The van der Waals surface area contributed by atoms with Gasteiger partial charge in [0.2, 0.25) is 23.7 Å². The van der Waals surface area contributed by atoms with Crippen molar-refractivity contribution in [1.82, 2.24) is 35.6 Å². The van der Waals surface area contributed by atoms with Gasteiger partial charge in [-0.25, -0.2) is 4.79 Å². The standard InChI is InChI=1S/C38H34ClF3N10O8/c1-58-27-17-28(59-2)48-29(47-27)20-3-11-24(12-4-20)44-32(55)31(54)43-18-26(33(56)57)46-30(53)21-5-13-25(14-6-21)45-34-49-35(51-36(50-34)60-19-38(40,41)42)52-37(15-16-37)22-7-9-23(39)10-8-22/h3-14,17,26H,15-16,18-19H2,1-2H3,(H,43,54)(H,44,55)(H,46,53)(H,56,57)(H2,45,49,50,51,52)/t26-/m0/s1. The molecule has 2 aromatic heterocycles. The van der Waals surface area contributed by atoms with E-state index in [4.69, 9.17) is 25.8 Å². The Balaban J connectivity index is 1.04. The van der Waals surface area contributed by atoms with Crippen LogP contribution in [0.25, 0.3) is 11.4 Å². The van der Waals surface area contributed by atoms with E-state index in [-0.39, 0.29) is 40.7 Å². The molecule has 1 aliphatic carbocycles. The van der Waals surface area contributed by atoms with E-state index < -0.39 is 60.6 Å². The maximum absolute atomic E-state index is 13.0. The lowest BCUT2D eigenvalue weighted by atomic mass is 10.1. The maximum atomic E-state index is 13.0. The lowest BCUT2D eigenvalue weighted by Gasteiger charge is -2.19. The lowest BCUT2D eigenvalue weighted by molar-refractivity contribution is -0.154. The number of carbonyl (C=O) groups excluding carboxylic acids is 3. The highest BCUT2D eigenvalue weighted by Gasteiger charge is 2.45. The van der Waals surface area contributed by atoms with Crippen LogP contribution < -0.4 is 40.8 Å². The molecule has 6 N–H and O–H groups in total. The van der Waals surface area contributed by atoms with E-state index in [1.807, 2.05) is 12.1 Å². The molecule has 0 unspecified atom stereocenters. The minimum Gasteiger partial charge on any atom is -0.481 e. The van der Waals surface area contributed by atoms with Crippen molar-refractivity contribution in [2.75, 3.05) is 43.3 Å². The molecule has 22 heteroatoms. The van der Waals surface area contributed by atoms with Gasteiger partial charge in [-0.15, -0.1) is 0 Å². The molecule has 1 aliphatic rings. The second kappa shape index (κ2) is 18.1. The molecule has 0 aliphatic heterocycles. The van der Waals surface area contributed by atoms with E-state index in [9.17, 15) is 37.5 Å². The monoisotopic (exact) mass is 850 g/mol. The van der Waals surface area contributed by atoms with Gasteiger partial charge in [0.05, 0.1) is 25.8 Å². The zero-order valence-electron chi connectivity index (χ0n) is 31.5. The van der Waals surface area contributed by atoms with Crippen LogP contribution in [0.15, 0.2) is 78.9 Å². The number of anilines is 4. The predicted octanol–water partition coefficient (Wildman–Crippen LogP) is 4.72. The molecule has 2 heterocycles. The zero-order valence-corrected chi connectivity index (χ0v) is 32.2. The first-order valence-corrected chi connectivity index (χ1v) is 18.1. The average Bonchev–Trinajstić information content (AvgIpc) is 4.01. The number of hydrogen-bond acceptors (Lipinski definition) is 14. The molecule has 5 aromatic rings. The molecule has 1 fully saturated rings. The fourth-order valence-electron chi connectivity index (χ4n) is 5.46. The van der Waals surface area contributed by atoms with Gasteiger partial charge in [-0.1, -0.05) is 23.7 Å². The summed E-state index contributed by atoms with van der Waals surface area (Å²) in [4.78, 5) is 70.9. The summed E-state index contributed by atoms with van der Waals surface area (Å²) in [7, 11) is 2.88. The second-order valence-corrected chi connectivity index (χ2v) is 13.4. The Kier molecular flexibility index (Phi) is 12.8. The second-order valence-electron chi connectivity index (χ2n) is 13.0. The highest BCUT2D eigenvalue weighted by atomic mass is 35.5. The number of aliphatic carboxylic acids is 1. The van der Waals surface area contributed by atoms with Gasteiger partial charge in [-0.2, -0.15) is 38.1 Å². The Bertz CT molecular complexity index is 2350. The van der Waals surface area contributed by atoms with Gasteiger partial charge in [0, 0.05) is 34.1 Å². The topological polar surface area (TPSA) is 241 Å². The number of nitrogens with one attached hydrogen (secondary N) is 5. The van der Waals surface area contributed by atoms with Crippen LogP contribution in [0.1, 0.15) is 28.8 Å². The number of benzene rings is 3. The highest BCUT2D eigenvalue weighted by Crippen LogP contribution is 2.48. The summed E-state index contributed by atoms with van der Waals surface area (Å²) in [6.07, 6.45) is -3.29. The summed E-state index contributed by atoms with van der Waals surface area (Å²) in [6, 6.07) is 17.9. The normalized spacial score (nSPS) is 13.2. The van der Waals surface area contributed by atoms with Crippen molar-refractivity contribution in [2.45, 2.75) is 30.6 Å². The number of hydrogen-bond donors (Lipinski definition) is 6. The molecule has 0 spiro atoms. The van der Waals surface area contributed by atoms with Gasteiger partial charge in [0.15, 0.2) is 12.4 Å². The van der Waals surface area contributed by atoms with E-state index >= 15 is 0 Å². The minimum atomic E-state index is -4.66. The van der Waals surface area contributed by atoms with Crippen LogP contribution in [0.2, 0.25) is 5.02 Å². The Morgan fingerprint density at radius 3 is 2.02 bits per heavy atom. The number of ether oxygens (including phenoxy) is 3. The van der Waals surface area contributed by atoms with Crippen molar-refractivity contribution in [1.29, 1.82) is 0 Å². The van der Waals surface area contributed by atoms with Gasteiger partial charge in [0.25, 0.3) is 5.91 Å². The minimum absolute atomic E-state index is 0.00273. The van der Waals surface area contributed by atoms with Crippen molar-refractivity contribution < 1.29 is 51.7 Å². The van der Waals surface area contributed by atoms with Gasteiger partial charge < -0.3 is 45.9 Å². The van der Waals surface area contributed by atoms with E-state index in [1.54, 1.807) is 24.3 Å². The number of carbonyl (C=O) groups is 4. The number of rotatable bonds is 16. The van der Waals surface area contributed by atoms with E-state index in [2.05, 4.69) is 51.5 Å². The summed E-state index contributed by atoms with van der Waals surface area (Å²) >= 11 is 6.03. The first-order chi connectivity index (χ1) is 28.6. The van der Waals surface area contributed by atoms with E-state index in [0.29, 0.717) is 29.1 Å². The van der Waals surface area contributed by atoms with E-state index in [0.717, 1.165) is 5.56 Å². The number of amides is 3. The van der Waals surface area contributed by atoms with Crippen molar-refractivity contribution in [3.63, 3.8) is 0 Å². The van der Waals surface area contributed by atoms with Crippen molar-refractivity contribution in [3.8, 4) is 29.2 Å². The molecular formula is C38H34ClF3N10O8. The smallest absolute Gasteiger partial charge is 0.422 e. The SMILES string of the molecule is COc1cc(OC)nc(-c2ccc(NC(=O)C(=O)NC[C@H](NC(=O)c3ccc(Nc4nc(NC5(c6ccc(Cl)cc6)CC5)nc(OCC(F)(F)F)n4)cc3)C(=O)O)cc2)n1. The summed E-state index contributed by atoms with van der Waals surface area (Å²) < 4.78 is 54.0. The molecule has 1 atom stereocenters. The molecule has 3 aromatic carbocycles. The number of nitrogens with zero attached hydrogens (tertiary/aromatic N) is 5. The highest BCUT2D eigenvalue weighted by molar-refractivity contribution is 6.39. The molecule has 0 saturated heterocycles. The number of alkyl halides is 3. The van der Waals surface area contributed by atoms with Crippen LogP contribution in [-0.2, 0) is 19.9 Å². The van der Waals surface area contributed by atoms with Crippen LogP contribution in [0.5, 0.6) is 17.8 Å². The van der Waals surface area contributed by atoms with Crippen LogP contribution in [0.4, 0.5) is 36.4 Å². The van der Waals surface area contributed by atoms with E-state index in [1.165, 1.54) is 56.7 Å². The van der Waals surface area contributed by atoms with Crippen molar-refractivity contribution >= 4 is 58.6 Å². The molecule has 0 radical (unpaired) electrons. The Hall–Kier alpha value is -7.29. The number of aromatic nitrogens is 5. The predicted molar refractivity (Wildman–Crippen MR) is 208 cm³/mol. The van der Waals surface area contributed by atoms with Gasteiger partial charge >= 0.3 is 30.0 Å². The molecule has 3 amide bonds. The molecule has 1 saturated carbocycles. The molecule has 312 valence electrons. The third-order valence-corrected chi connectivity index (χ3v) is 8.91. The summed E-state index contributed by atoms with van der Waals surface area (Å²) in [5, 5.41) is 23.1. The van der Waals surface area contributed by atoms with Crippen LogP contribution in [0, 0.1) is 0 Å². The van der Waals surface area contributed by atoms with Crippen LogP contribution >= 0.6 is 11.6 Å². The first kappa shape index (κ1) is 42.3. The molecule has 60 heavy (non-hydrogen) atoms. The third-order valence-electron chi connectivity index (χ3n) is 8.66.